The highest BCUT2D eigenvalue weighted by Gasteiger charge is 2.44. The molecule has 8 heteroatoms. The van der Waals surface area contributed by atoms with E-state index >= 15 is 0 Å². The van der Waals surface area contributed by atoms with Gasteiger partial charge in [-0.2, -0.15) is 13.2 Å². The van der Waals surface area contributed by atoms with Gasteiger partial charge in [0, 0.05) is 41.8 Å². The summed E-state index contributed by atoms with van der Waals surface area (Å²) in [6.45, 7) is 1.45. The second kappa shape index (κ2) is 7.30. The van der Waals surface area contributed by atoms with Crippen LogP contribution in [0.25, 0.3) is 11.3 Å². The minimum absolute atomic E-state index is 0.291. The van der Waals surface area contributed by atoms with Gasteiger partial charge in [0.15, 0.2) is 0 Å². The Kier molecular flexibility index (Phi) is 4.73. The van der Waals surface area contributed by atoms with Crippen molar-refractivity contribution in [3.05, 3.63) is 65.7 Å². The molecule has 2 fully saturated rings. The van der Waals surface area contributed by atoms with Gasteiger partial charge in [0.2, 0.25) is 0 Å². The molecule has 156 valence electrons. The van der Waals surface area contributed by atoms with E-state index in [2.05, 4.69) is 20.7 Å². The fraction of sp³-hybridized carbons (Fsp3) is 0.364. The van der Waals surface area contributed by atoms with E-state index in [0.29, 0.717) is 35.3 Å². The van der Waals surface area contributed by atoms with Crippen molar-refractivity contribution in [1.82, 2.24) is 14.5 Å². The van der Waals surface area contributed by atoms with Crippen molar-refractivity contribution in [3.8, 4) is 11.3 Å². The molecule has 30 heavy (non-hydrogen) atoms. The summed E-state index contributed by atoms with van der Waals surface area (Å²) in [5, 5.41) is 0.686. The number of rotatable bonds is 3. The van der Waals surface area contributed by atoms with Crippen LogP contribution in [-0.2, 0) is 6.18 Å². The Hall–Kier alpha value is -2.54. The topological polar surface area (TPSA) is 34.0 Å². The molecule has 0 amide bonds. The first kappa shape index (κ1) is 19.4. The van der Waals surface area contributed by atoms with Crippen LogP contribution in [0, 0.1) is 11.8 Å². The van der Waals surface area contributed by atoms with Gasteiger partial charge < -0.3 is 9.47 Å². The number of imidazole rings is 1. The molecule has 3 heterocycles. The van der Waals surface area contributed by atoms with Gasteiger partial charge in [0.05, 0.1) is 12.0 Å². The number of alkyl halides is 3. The lowest BCUT2D eigenvalue weighted by Gasteiger charge is -2.23. The second-order valence-electron chi connectivity index (χ2n) is 8.07. The number of nitrogens with zero attached hydrogens (tertiary/aromatic N) is 4. The first-order valence-electron chi connectivity index (χ1n) is 9.97. The van der Waals surface area contributed by atoms with Crippen molar-refractivity contribution >= 4 is 17.4 Å². The summed E-state index contributed by atoms with van der Waals surface area (Å²) >= 11 is 5.97. The molecular weight excluding hydrogens is 413 g/mol. The summed E-state index contributed by atoms with van der Waals surface area (Å²) in [5.41, 5.74) is 1.06. The fourth-order valence-electron chi connectivity index (χ4n) is 4.84. The van der Waals surface area contributed by atoms with Gasteiger partial charge in [-0.15, -0.1) is 0 Å². The minimum atomic E-state index is -4.43. The molecule has 5 rings (SSSR count). The molecule has 3 aromatic rings. The molecule has 0 N–H and O–H groups in total. The van der Waals surface area contributed by atoms with Crippen LogP contribution in [-0.4, -0.2) is 27.6 Å². The SMILES string of the molecule is FC(F)(F)c1cccc(N2C[C@H]3CC[C@H](n4cnc(-c5ccc(Cl)cc5)c4)[C@H]3C2)n1. The van der Waals surface area contributed by atoms with Crippen molar-refractivity contribution in [3.63, 3.8) is 0 Å². The molecule has 2 aliphatic rings. The summed E-state index contributed by atoms with van der Waals surface area (Å²) in [6, 6.07) is 12.0. The lowest BCUT2D eigenvalue weighted by Crippen LogP contribution is -2.25. The fourth-order valence-corrected chi connectivity index (χ4v) is 4.96. The average molecular weight is 433 g/mol. The third-order valence-corrected chi connectivity index (χ3v) is 6.54. The van der Waals surface area contributed by atoms with E-state index in [4.69, 9.17) is 11.6 Å². The van der Waals surface area contributed by atoms with Crippen LogP contribution in [0.15, 0.2) is 55.0 Å². The van der Waals surface area contributed by atoms with Crippen molar-refractivity contribution < 1.29 is 13.2 Å². The Morgan fingerprint density at radius 2 is 1.80 bits per heavy atom. The second-order valence-corrected chi connectivity index (χ2v) is 8.50. The molecule has 0 bridgehead atoms. The summed E-state index contributed by atoms with van der Waals surface area (Å²) in [4.78, 5) is 10.4. The standard InChI is InChI=1S/C22H20ClF3N4/c23-16-7-4-14(5-8-16)18-12-30(13-27-18)19-9-6-15-10-29(11-17(15)19)21-3-1-2-20(28-21)22(24,25)26/h1-5,7-8,12-13,15,17,19H,6,9-11H2/t15-,17+,19+/m1/s1. The minimum Gasteiger partial charge on any atom is -0.356 e. The Balaban J connectivity index is 1.34. The van der Waals surface area contributed by atoms with Gasteiger partial charge >= 0.3 is 6.18 Å². The molecule has 1 saturated carbocycles. The quantitative estimate of drug-likeness (QED) is 0.532. The first-order chi connectivity index (χ1) is 14.4. The number of hydrogen-bond acceptors (Lipinski definition) is 3. The highest BCUT2D eigenvalue weighted by molar-refractivity contribution is 6.30. The summed E-state index contributed by atoms with van der Waals surface area (Å²) in [7, 11) is 0. The van der Waals surface area contributed by atoms with E-state index in [1.807, 2.05) is 35.5 Å². The molecular formula is C22H20ClF3N4. The molecule has 1 aliphatic heterocycles. The lowest BCUT2D eigenvalue weighted by molar-refractivity contribution is -0.141. The highest BCUT2D eigenvalue weighted by Crippen LogP contribution is 2.46. The normalized spacial score (nSPS) is 23.7. The van der Waals surface area contributed by atoms with Crippen LogP contribution in [0.2, 0.25) is 5.02 Å². The molecule has 0 radical (unpaired) electrons. The maximum atomic E-state index is 13.0. The van der Waals surface area contributed by atoms with Gasteiger partial charge in [-0.1, -0.05) is 29.8 Å². The van der Waals surface area contributed by atoms with E-state index < -0.39 is 11.9 Å². The van der Waals surface area contributed by atoms with Crippen LogP contribution in [0.3, 0.4) is 0 Å². The van der Waals surface area contributed by atoms with Gasteiger partial charge in [0.25, 0.3) is 0 Å². The number of hydrogen-bond donors (Lipinski definition) is 0. The maximum absolute atomic E-state index is 13.0. The molecule has 4 nitrogen and oxygen atoms in total. The van der Waals surface area contributed by atoms with Crippen LogP contribution in [0.5, 0.6) is 0 Å². The molecule has 0 unspecified atom stereocenters. The number of benzene rings is 1. The number of fused-ring (bicyclic) bond motifs is 1. The summed E-state index contributed by atoms with van der Waals surface area (Å²) in [6.07, 6.45) is 1.60. The Morgan fingerprint density at radius 3 is 2.57 bits per heavy atom. The lowest BCUT2D eigenvalue weighted by atomic mass is 9.98. The number of aromatic nitrogens is 3. The predicted octanol–water partition coefficient (Wildman–Crippen LogP) is 5.70. The first-order valence-corrected chi connectivity index (χ1v) is 10.3. The zero-order valence-corrected chi connectivity index (χ0v) is 16.8. The van der Waals surface area contributed by atoms with Crippen molar-refractivity contribution in [2.24, 2.45) is 11.8 Å². The smallest absolute Gasteiger partial charge is 0.356 e. The number of halogens is 4. The highest BCUT2D eigenvalue weighted by atomic mass is 35.5. The molecule has 0 spiro atoms. The Labute approximate surface area is 177 Å². The van der Waals surface area contributed by atoms with Crippen molar-refractivity contribution in [2.45, 2.75) is 25.1 Å². The molecule has 2 aromatic heterocycles. The monoisotopic (exact) mass is 432 g/mol. The van der Waals surface area contributed by atoms with Crippen LogP contribution >= 0.6 is 11.6 Å². The predicted molar refractivity (Wildman–Crippen MR) is 109 cm³/mol. The third kappa shape index (κ3) is 3.55. The van der Waals surface area contributed by atoms with Crippen molar-refractivity contribution in [2.75, 3.05) is 18.0 Å². The largest absolute Gasteiger partial charge is 0.433 e. The average Bonchev–Trinajstić information content (AvgIpc) is 3.43. The van der Waals surface area contributed by atoms with Crippen LogP contribution in [0.4, 0.5) is 19.0 Å². The zero-order valence-electron chi connectivity index (χ0n) is 16.1. The van der Waals surface area contributed by atoms with E-state index in [-0.39, 0.29) is 0 Å². The van der Waals surface area contributed by atoms with E-state index in [1.54, 1.807) is 6.07 Å². The molecule has 1 aromatic carbocycles. The van der Waals surface area contributed by atoms with Crippen molar-refractivity contribution in [1.29, 1.82) is 0 Å². The van der Waals surface area contributed by atoms with E-state index in [1.165, 1.54) is 6.07 Å². The summed E-state index contributed by atoms with van der Waals surface area (Å²) < 4.78 is 41.3. The third-order valence-electron chi connectivity index (χ3n) is 6.29. The van der Waals surface area contributed by atoms with Gasteiger partial charge in [-0.25, -0.2) is 9.97 Å². The number of anilines is 1. The summed E-state index contributed by atoms with van der Waals surface area (Å²) in [5.74, 6) is 1.23. The zero-order chi connectivity index (χ0) is 20.9. The van der Waals surface area contributed by atoms with Gasteiger partial charge in [-0.05, 0) is 43.0 Å². The Bertz CT molecular complexity index is 1050. The number of pyridine rings is 1. The van der Waals surface area contributed by atoms with E-state index in [0.717, 1.165) is 36.7 Å². The molecule has 1 aliphatic carbocycles. The van der Waals surface area contributed by atoms with Gasteiger partial charge in [0.1, 0.15) is 11.5 Å². The molecule has 3 atom stereocenters. The van der Waals surface area contributed by atoms with Gasteiger partial charge in [-0.3, -0.25) is 0 Å². The Morgan fingerprint density at radius 1 is 1.00 bits per heavy atom. The van der Waals surface area contributed by atoms with E-state index in [9.17, 15) is 13.2 Å². The van der Waals surface area contributed by atoms with Crippen LogP contribution < -0.4 is 4.90 Å². The maximum Gasteiger partial charge on any atom is 0.433 e. The van der Waals surface area contributed by atoms with Crippen LogP contribution in [0.1, 0.15) is 24.6 Å². The molecule has 1 saturated heterocycles.